The van der Waals surface area contributed by atoms with E-state index < -0.39 is 0 Å². The minimum Gasteiger partial charge on any atom is -0.497 e. The van der Waals surface area contributed by atoms with Gasteiger partial charge in [-0.1, -0.05) is 44.2 Å². The van der Waals surface area contributed by atoms with Crippen LogP contribution < -0.4 is 15.1 Å². The SMILES string of the molecule is CCN(CC)N(c1ccccc1)c1nc(Nc2ccc(OC)cc2)c2ccccc2n1. The molecule has 4 rings (SSSR count). The Morgan fingerprint density at radius 1 is 0.806 bits per heavy atom. The second-order valence-electron chi connectivity index (χ2n) is 7.03. The lowest BCUT2D eigenvalue weighted by molar-refractivity contribution is 0.304. The molecule has 0 fully saturated rings. The molecule has 0 amide bonds. The molecular formula is C25H27N5O. The number of rotatable bonds is 8. The highest BCUT2D eigenvalue weighted by molar-refractivity contribution is 5.92. The normalized spacial score (nSPS) is 11.0. The van der Waals surface area contributed by atoms with Gasteiger partial charge in [-0.2, -0.15) is 4.98 Å². The van der Waals surface area contributed by atoms with Crippen LogP contribution in [0.15, 0.2) is 78.9 Å². The quantitative estimate of drug-likeness (QED) is 0.370. The standard InChI is InChI=1S/C25H27N5O/c1-4-29(5-2)30(20-11-7-6-8-12-20)25-27-23-14-10-9-13-22(23)24(28-25)26-19-15-17-21(31-3)18-16-19/h6-18H,4-5H2,1-3H3,(H,26,27,28). The lowest BCUT2D eigenvalue weighted by atomic mass is 10.2. The first-order valence-corrected chi connectivity index (χ1v) is 10.5. The van der Waals surface area contributed by atoms with Crippen molar-refractivity contribution in [3.63, 3.8) is 0 Å². The minimum absolute atomic E-state index is 0.629. The van der Waals surface area contributed by atoms with Crippen molar-refractivity contribution in [2.24, 2.45) is 0 Å². The summed E-state index contributed by atoms with van der Waals surface area (Å²) in [5, 5.41) is 8.74. The minimum atomic E-state index is 0.629. The van der Waals surface area contributed by atoms with Crippen LogP contribution in [0, 0.1) is 0 Å². The van der Waals surface area contributed by atoms with Crippen molar-refractivity contribution in [3.8, 4) is 5.75 Å². The van der Waals surface area contributed by atoms with E-state index in [0.717, 1.165) is 46.9 Å². The summed E-state index contributed by atoms with van der Waals surface area (Å²) < 4.78 is 5.27. The number of nitrogens with one attached hydrogen (secondary N) is 1. The van der Waals surface area contributed by atoms with E-state index in [1.165, 1.54) is 0 Å². The molecule has 0 atom stereocenters. The van der Waals surface area contributed by atoms with Crippen LogP contribution >= 0.6 is 0 Å². The predicted molar refractivity (Wildman–Crippen MR) is 127 cm³/mol. The summed E-state index contributed by atoms with van der Waals surface area (Å²) in [6, 6.07) is 26.1. The Kier molecular flexibility index (Phi) is 6.29. The van der Waals surface area contributed by atoms with Crippen LogP contribution in [0.3, 0.4) is 0 Å². The third-order valence-electron chi connectivity index (χ3n) is 5.15. The van der Waals surface area contributed by atoms with Gasteiger partial charge in [-0.05, 0) is 48.5 Å². The number of nitrogens with zero attached hydrogens (tertiary/aromatic N) is 4. The summed E-state index contributed by atoms with van der Waals surface area (Å²) in [6.45, 7) is 5.94. The van der Waals surface area contributed by atoms with Crippen LogP contribution in [-0.4, -0.2) is 35.2 Å². The average Bonchev–Trinajstić information content (AvgIpc) is 2.83. The number of ether oxygens (including phenoxy) is 1. The first kappa shape index (κ1) is 20.6. The number of hydrazine groups is 1. The van der Waals surface area contributed by atoms with Crippen molar-refractivity contribution >= 4 is 34.0 Å². The lowest BCUT2D eigenvalue weighted by Gasteiger charge is -2.33. The van der Waals surface area contributed by atoms with E-state index in [1.54, 1.807) is 7.11 Å². The number of aromatic nitrogens is 2. The maximum Gasteiger partial charge on any atom is 0.247 e. The van der Waals surface area contributed by atoms with Crippen LogP contribution in [0.4, 0.5) is 23.1 Å². The van der Waals surface area contributed by atoms with E-state index in [4.69, 9.17) is 14.7 Å². The number of para-hydroxylation sites is 2. The molecule has 0 aliphatic rings. The highest BCUT2D eigenvalue weighted by Crippen LogP contribution is 2.31. The Morgan fingerprint density at radius 3 is 2.16 bits per heavy atom. The molecule has 3 aromatic carbocycles. The fraction of sp³-hybridized carbons (Fsp3) is 0.200. The molecular weight excluding hydrogens is 386 g/mol. The summed E-state index contributed by atoms with van der Waals surface area (Å²) in [7, 11) is 1.66. The molecule has 0 aliphatic heterocycles. The molecule has 1 N–H and O–H groups in total. The van der Waals surface area contributed by atoms with Crippen LogP contribution in [0.25, 0.3) is 10.9 Å². The van der Waals surface area contributed by atoms with Gasteiger partial charge < -0.3 is 10.1 Å². The molecule has 1 aromatic heterocycles. The van der Waals surface area contributed by atoms with Crippen LogP contribution in [-0.2, 0) is 0 Å². The molecule has 0 radical (unpaired) electrons. The van der Waals surface area contributed by atoms with E-state index in [-0.39, 0.29) is 0 Å². The Balaban J connectivity index is 1.83. The fourth-order valence-corrected chi connectivity index (χ4v) is 3.55. The van der Waals surface area contributed by atoms with E-state index >= 15 is 0 Å². The molecule has 31 heavy (non-hydrogen) atoms. The molecule has 6 heteroatoms. The van der Waals surface area contributed by atoms with Gasteiger partial charge in [0.15, 0.2) is 0 Å². The van der Waals surface area contributed by atoms with Crippen molar-refractivity contribution in [1.82, 2.24) is 15.0 Å². The summed E-state index contributed by atoms with van der Waals surface area (Å²) in [6.07, 6.45) is 0. The number of hydrogen-bond donors (Lipinski definition) is 1. The van der Waals surface area contributed by atoms with Crippen molar-refractivity contribution in [2.45, 2.75) is 13.8 Å². The topological polar surface area (TPSA) is 53.5 Å². The van der Waals surface area contributed by atoms with Crippen molar-refractivity contribution in [3.05, 3.63) is 78.9 Å². The number of anilines is 4. The van der Waals surface area contributed by atoms with Crippen molar-refractivity contribution in [2.75, 3.05) is 30.5 Å². The van der Waals surface area contributed by atoms with E-state index in [0.29, 0.717) is 5.95 Å². The number of methoxy groups -OCH3 is 1. The average molecular weight is 414 g/mol. The molecule has 6 nitrogen and oxygen atoms in total. The maximum atomic E-state index is 5.27. The number of fused-ring (bicyclic) bond motifs is 1. The van der Waals surface area contributed by atoms with Gasteiger partial charge in [0.2, 0.25) is 5.95 Å². The monoisotopic (exact) mass is 413 g/mol. The Hall–Kier alpha value is -3.64. The summed E-state index contributed by atoms with van der Waals surface area (Å²) in [5.41, 5.74) is 2.85. The van der Waals surface area contributed by atoms with E-state index in [9.17, 15) is 0 Å². The molecule has 4 aromatic rings. The molecule has 0 bridgehead atoms. The molecule has 158 valence electrons. The number of benzene rings is 3. The predicted octanol–water partition coefficient (Wildman–Crippen LogP) is 5.78. The van der Waals surface area contributed by atoms with Crippen LogP contribution in [0.5, 0.6) is 5.75 Å². The third-order valence-corrected chi connectivity index (χ3v) is 5.15. The molecule has 0 aliphatic carbocycles. The Labute approximate surface area is 183 Å². The van der Waals surface area contributed by atoms with Gasteiger partial charge in [0.05, 0.1) is 18.3 Å². The molecule has 0 spiro atoms. The van der Waals surface area contributed by atoms with Gasteiger partial charge in [0, 0.05) is 24.2 Å². The Bertz CT molecular complexity index is 1130. The Morgan fingerprint density at radius 2 is 1.48 bits per heavy atom. The van der Waals surface area contributed by atoms with E-state index in [1.807, 2.05) is 66.7 Å². The number of hydrogen-bond acceptors (Lipinski definition) is 6. The molecule has 1 heterocycles. The maximum absolute atomic E-state index is 5.27. The zero-order valence-electron chi connectivity index (χ0n) is 18.1. The van der Waals surface area contributed by atoms with Crippen LogP contribution in [0.2, 0.25) is 0 Å². The first-order valence-electron chi connectivity index (χ1n) is 10.5. The zero-order chi connectivity index (χ0) is 21.6. The second-order valence-corrected chi connectivity index (χ2v) is 7.03. The van der Waals surface area contributed by atoms with Gasteiger partial charge in [0.25, 0.3) is 0 Å². The summed E-state index contributed by atoms with van der Waals surface area (Å²) in [4.78, 5) is 9.87. The summed E-state index contributed by atoms with van der Waals surface area (Å²) in [5.74, 6) is 2.21. The smallest absolute Gasteiger partial charge is 0.247 e. The van der Waals surface area contributed by atoms with E-state index in [2.05, 4.69) is 41.3 Å². The lowest BCUT2D eigenvalue weighted by Crippen LogP contribution is -2.40. The molecule has 0 saturated carbocycles. The summed E-state index contributed by atoms with van der Waals surface area (Å²) >= 11 is 0. The van der Waals surface area contributed by atoms with Crippen LogP contribution in [0.1, 0.15) is 13.8 Å². The molecule has 0 saturated heterocycles. The highest BCUT2D eigenvalue weighted by Gasteiger charge is 2.20. The first-order chi connectivity index (χ1) is 15.2. The molecule has 0 unspecified atom stereocenters. The van der Waals surface area contributed by atoms with Crippen molar-refractivity contribution < 1.29 is 4.74 Å². The van der Waals surface area contributed by atoms with Gasteiger partial charge in [-0.15, -0.1) is 0 Å². The van der Waals surface area contributed by atoms with Crippen molar-refractivity contribution in [1.29, 1.82) is 0 Å². The van der Waals surface area contributed by atoms with Gasteiger partial charge in [-0.25, -0.2) is 15.0 Å². The largest absolute Gasteiger partial charge is 0.497 e. The van der Waals surface area contributed by atoms with Gasteiger partial charge in [-0.3, -0.25) is 0 Å². The third kappa shape index (κ3) is 4.44. The fourth-order valence-electron chi connectivity index (χ4n) is 3.55. The highest BCUT2D eigenvalue weighted by atomic mass is 16.5. The zero-order valence-corrected chi connectivity index (χ0v) is 18.1. The van der Waals surface area contributed by atoms with Gasteiger partial charge in [0.1, 0.15) is 11.6 Å². The van der Waals surface area contributed by atoms with Gasteiger partial charge >= 0.3 is 0 Å². The second kappa shape index (κ2) is 9.45.